The zero-order valence-corrected chi connectivity index (χ0v) is 19.2. The Morgan fingerprint density at radius 3 is 2.41 bits per heavy atom. The maximum atomic E-state index is 5.97. The van der Waals surface area contributed by atoms with E-state index in [-0.39, 0.29) is 24.0 Å². The van der Waals surface area contributed by atoms with Gasteiger partial charge in [-0.2, -0.15) is 0 Å². The van der Waals surface area contributed by atoms with Gasteiger partial charge in [-0.3, -0.25) is 9.80 Å². The molecule has 0 bridgehead atoms. The fraction of sp³-hybridized carbons (Fsp3) is 0.650. The molecule has 1 aromatic rings. The number of nitrogens with two attached hydrogens (primary N) is 1. The Labute approximate surface area is 181 Å². The van der Waals surface area contributed by atoms with Gasteiger partial charge in [-0.15, -0.1) is 24.0 Å². The summed E-state index contributed by atoms with van der Waals surface area (Å²) in [4.78, 5) is 9.28. The molecule has 0 aromatic heterocycles. The molecular weight excluding hydrogens is 453 g/mol. The molecule has 0 spiro atoms. The van der Waals surface area contributed by atoms with Crippen LogP contribution in [-0.4, -0.2) is 68.2 Å². The molecule has 1 heterocycles. The number of guanidine groups is 1. The van der Waals surface area contributed by atoms with E-state index in [1.165, 1.54) is 11.1 Å². The van der Waals surface area contributed by atoms with E-state index in [2.05, 4.69) is 58.2 Å². The van der Waals surface area contributed by atoms with Crippen LogP contribution in [0.25, 0.3) is 0 Å². The number of morpholine rings is 1. The van der Waals surface area contributed by atoms with Crippen LogP contribution in [0, 0.1) is 0 Å². The number of rotatable bonds is 10. The standard InChI is InChI=1S/C20H35N5O.HI/c1-3-24(4-2)17-19-8-6-18(7-9-19)16-23-20(21)22-10-5-11-25-12-14-26-15-13-25;/h6-9H,3-5,10-17H2,1-2H3,(H3,21,22,23);1H. The molecule has 7 heteroatoms. The summed E-state index contributed by atoms with van der Waals surface area (Å²) in [6, 6.07) is 8.67. The van der Waals surface area contributed by atoms with E-state index in [9.17, 15) is 0 Å². The van der Waals surface area contributed by atoms with Crippen molar-refractivity contribution in [3.05, 3.63) is 35.4 Å². The number of benzene rings is 1. The van der Waals surface area contributed by atoms with E-state index in [1.54, 1.807) is 0 Å². The van der Waals surface area contributed by atoms with Crippen LogP contribution in [0.3, 0.4) is 0 Å². The van der Waals surface area contributed by atoms with Crippen LogP contribution in [-0.2, 0) is 17.8 Å². The Morgan fingerprint density at radius 1 is 1.15 bits per heavy atom. The van der Waals surface area contributed by atoms with Crippen molar-refractivity contribution in [2.75, 3.05) is 52.5 Å². The summed E-state index contributed by atoms with van der Waals surface area (Å²) in [6.45, 7) is 13.9. The van der Waals surface area contributed by atoms with E-state index in [1.807, 2.05) is 0 Å². The topological polar surface area (TPSA) is 66.1 Å². The van der Waals surface area contributed by atoms with Gasteiger partial charge in [-0.1, -0.05) is 38.1 Å². The lowest BCUT2D eigenvalue weighted by atomic mass is 10.1. The molecule has 0 aliphatic carbocycles. The molecule has 27 heavy (non-hydrogen) atoms. The van der Waals surface area contributed by atoms with Gasteiger partial charge in [-0.05, 0) is 37.2 Å². The number of ether oxygens (including phenoxy) is 1. The lowest BCUT2D eigenvalue weighted by Crippen LogP contribution is -2.39. The van der Waals surface area contributed by atoms with Gasteiger partial charge in [0.2, 0.25) is 0 Å². The SMILES string of the molecule is CCN(CC)Cc1ccc(CN=C(N)NCCCN2CCOCC2)cc1.I. The van der Waals surface area contributed by atoms with Crippen molar-refractivity contribution in [1.82, 2.24) is 15.1 Å². The number of nitrogens with zero attached hydrogens (tertiary/aromatic N) is 3. The first-order chi connectivity index (χ1) is 12.7. The molecule has 1 fully saturated rings. The largest absolute Gasteiger partial charge is 0.379 e. The normalized spacial score (nSPS) is 15.6. The highest BCUT2D eigenvalue weighted by molar-refractivity contribution is 14.0. The number of halogens is 1. The van der Waals surface area contributed by atoms with Gasteiger partial charge >= 0.3 is 0 Å². The zero-order chi connectivity index (χ0) is 18.6. The van der Waals surface area contributed by atoms with Gasteiger partial charge in [0.15, 0.2) is 5.96 Å². The molecule has 0 atom stereocenters. The van der Waals surface area contributed by atoms with Crippen molar-refractivity contribution in [2.45, 2.75) is 33.4 Å². The Hall–Kier alpha value is -0.900. The van der Waals surface area contributed by atoms with Crippen molar-refractivity contribution < 1.29 is 4.74 Å². The molecule has 0 unspecified atom stereocenters. The zero-order valence-electron chi connectivity index (χ0n) is 16.8. The van der Waals surface area contributed by atoms with Gasteiger partial charge in [0, 0.05) is 26.2 Å². The summed E-state index contributed by atoms with van der Waals surface area (Å²) < 4.78 is 5.36. The predicted molar refractivity (Wildman–Crippen MR) is 124 cm³/mol. The Morgan fingerprint density at radius 2 is 1.78 bits per heavy atom. The Kier molecular flexibility index (Phi) is 12.6. The van der Waals surface area contributed by atoms with Gasteiger partial charge in [0.25, 0.3) is 0 Å². The van der Waals surface area contributed by atoms with Gasteiger partial charge in [0.1, 0.15) is 0 Å². The van der Waals surface area contributed by atoms with Crippen molar-refractivity contribution in [3.63, 3.8) is 0 Å². The van der Waals surface area contributed by atoms with E-state index in [4.69, 9.17) is 10.5 Å². The van der Waals surface area contributed by atoms with E-state index in [0.29, 0.717) is 12.5 Å². The summed E-state index contributed by atoms with van der Waals surface area (Å²) in [6.07, 6.45) is 1.07. The highest BCUT2D eigenvalue weighted by atomic mass is 127. The fourth-order valence-corrected chi connectivity index (χ4v) is 3.03. The van der Waals surface area contributed by atoms with Crippen LogP contribution >= 0.6 is 24.0 Å². The summed E-state index contributed by atoms with van der Waals surface area (Å²) in [7, 11) is 0. The monoisotopic (exact) mass is 489 g/mol. The molecule has 0 amide bonds. The molecular formula is C20H36IN5O. The maximum absolute atomic E-state index is 5.97. The molecule has 0 radical (unpaired) electrons. The van der Waals surface area contributed by atoms with Crippen molar-refractivity contribution in [3.8, 4) is 0 Å². The average molecular weight is 489 g/mol. The summed E-state index contributed by atoms with van der Waals surface area (Å²) in [5, 5.41) is 3.21. The third-order valence-electron chi connectivity index (χ3n) is 4.82. The van der Waals surface area contributed by atoms with Crippen molar-refractivity contribution >= 4 is 29.9 Å². The molecule has 2 rings (SSSR count). The third kappa shape index (κ3) is 9.73. The maximum Gasteiger partial charge on any atom is 0.188 e. The molecule has 6 nitrogen and oxygen atoms in total. The number of hydrogen-bond acceptors (Lipinski definition) is 4. The van der Waals surface area contributed by atoms with Crippen LogP contribution in [0.1, 0.15) is 31.4 Å². The van der Waals surface area contributed by atoms with Crippen LogP contribution in [0.2, 0.25) is 0 Å². The van der Waals surface area contributed by atoms with Crippen LogP contribution in [0.5, 0.6) is 0 Å². The Balaban J connectivity index is 0.00000364. The summed E-state index contributed by atoms with van der Waals surface area (Å²) in [5.41, 5.74) is 8.50. The smallest absolute Gasteiger partial charge is 0.188 e. The van der Waals surface area contributed by atoms with E-state index >= 15 is 0 Å². The van der Waals surface area contributed by atoms with Gasteiger partial charge in [0.05, 0.1) is 19.8 Å². The van der Waals surface area contributed by atoms with Crippen LogP contribution in [0.4, 0.5) is 0 Å². The number of aliphatic imine (C=N–C) groups is 1. The molecule has 1 aromatic carbocycles. The molecule has 3 N–H and O–H groups in total. The molecule has 0 saturated carbocycles. The van der Waals surface area contributed by atoms with Crippen molar-refractivity contribution in [2.24, 2.45) is 10.7 Å². The summed E-state index contributed by atoms with van der Waals surface area (Å²) in [5.74, 6) is 0.527. The first-order valence-corrected chi connectivity index (χ1v) is 9.85. The van der Waals surface area contributed by atoms with Gasteiger partial charge < -0.3 is 15.8 Å². The highest BCUT2D eigenvalue weighted by Gasteiger charge is 2.09. The quantitative estimate of drug-likeness (QED) is 0.229. The molecule has 154 valence electrons. The fourth-order valence-electron chi connectivity index (χ4n) is 3.03. The van der Waals surface area contributed by atoms with E-state index < -0.39 is 0 Å². The number of hydrogen-bond donors (Lipinski definition) is 2. The van der Waals surface area contributed by atoms with Crippen molar-refractivity contribution in [1.29, 1.82) is 0 Å². The lowest BCUT2D eigenvalue weighted by molar-refractivity contribution is 0.0376. The molecule has 1 aliphatic rings. The molecule has 1 saturated heterocycles. The summed E-state index contributed by atoms with van der Waals surface area (Å²) >= 11 is 0. The van der Waals surface area contributed by atoms with Crippen LogP contribution in [0.15, 0.2) is 29.3 Å². The van der Waals surface area contributed by atoms with E-state index in [0.717, 1.165) is 65.4 Å². The average Bonchev–Trinajstić information content (AvgIpc) is 2.69. The molecule has 1 aliphatic heterocycles. The minimum Gasteiger partial charge on any atom is -0.379 e. The number of nitrogens with one attached hydrogen (secondary N) is 1. The second kappa shape index (κ2) is 14.1. The highest BCUT2D eigenvalue weighted by Crippen LogP contribution is 2.08. The predicted octanol–water partition coefficient (Wildman–Crippen LogP) is 2.27. The Bertz CT molecular complexity index is 528. The minimum absolute atomic E-state index is 0. The third-order valence-corrected chi connectivity index (χ3v) is 4.82. The second-order valence-electron chi connectivity index (χ2n) is 6.71. The minimum atomic E-state index is 0. The van der Waals surface area contributed by atoms with Gasteiger partial charge in [-0.25, -0.2) is 4.99 Å². The van der Waals surface area contributed by atoms with Crippen LogP contribution < -0.4 is 11.1 Å². The second-order valence-corrected chi connectivity index (χ2v) is 6.71. The lowest BCUT2D eigenvalue weighted by Gasteiger charge is -2.26. The first-order valence-electron chi connectivity index (χ1n) is 9.85. The first kappa shape index (κ1) is 24.1.